The zero-order chi connectivity index (χ0) is 20.7. The molecule has 3 rings (SSSR count). The van der Waals surface area contributed by atoms with Crippen LogP contribution in [0.5, 0.6) is 0 Å². The van der Waals surface area contributed by atoms with E-state index in [-0.39, 0.29) is 17.1 Å². The zero-order valence-electron chi connectivity index (χ0n) is 14.0. The average molecular weight is 403 g/mol. The summed E-state index contributed by atoms with van der Waals surface area (Å²) in [4.78, 5) is 17.7. The molecule has 0 aliphatic heterocycles. The lowest BCUT2D eigenvalue weighted by atomic mass is 10.1. The summed E-state index contributed by atoms with van der Waals surface area (Å²) in [6, 6.07) is 7.59. The maximum atomic E-state index is 13.0. The topological polar surface area (TPSA) is 49.0 Å². The van der Waals surface area contributed by atoms with Gasteiger partial charge >= 0.3 is 18.0 Å². The van der Waals surface area contributed by atoms with Gasteiger partial charge in [0.25, 0.3) is 0 Å². The molecule has 0 fully saturated rings. The molecule has 0 saturated heterocycles. The molecule has 3 aromatic rings. The molecule has 0 saturated carbocycles. The molecule has 1 heterocycles. The van der Waals surface area contributed by atoms with E-state index in [1.54, 1.807) is 0 Å². The largest absolute Gasteiger partial charge is 0.416 e. The van der Waals surface area contributed by atoms with Crippen molar-refractivity contribution in [3.8, 4) is 17.1 Å². The second-order valence-electron chi connectivity index (χ2n) is 5.62. The van der Waals surface area contributed by atoms with Crippen molar-refractivity contribution in [1.82, 2.24) is 14.5 Å². The summed E-state index contributed by atoms with van der Waals surface area (Å²) in [7, 11) is 1.11. The highest BCUT2D eigenvalue weighted by atomic mass is 19.4. The second kappa shape index (κ2) is 6.73. The number of aromatic nitrogens is 3. The third kappa shape index (κ3) is 3.59. The number of halogens is 6. The second-order valence-corrected chi connectivity index (χ2v) is 5.62. The van der Waals surface area contributed by atoms with Crippen molar-refractivity contribution in [3.05, 3.63) is 70.1 Å². The van der Waals surface area contributed by atoms with Crippen LogP contribution in [-0.4, -0.2) is 21.6 Å². The van der Waals surface area contributed by atoms with Crippen LogP contribution in [-0.2, 0) is 12.4 Å². The highest BCUT2D eigenvalue weighted by molar-refractivity contribution is 5.59. The van der Waals surface area contributed by atoms with Gasteiger partial charge < -0.3 is 4.84 Å². The molecule has 0 aliphatic rings. The molecule has 0 amide bonds. The van der Waals surface area contributed by atoms with Crippen molar-refractivity contribution in [2.45, 2.75) is 12.4 Å². The Kier molecular flexibility index (Phi) is 4.69. The van der Waals surface area contributed by atoms with Crippen molar-refractivity contribution in [2.24, 2.45) is 0 Å². The molecular weight excluding hydrogens is 392 g/mol. The molecule has 1 aromatic heterocycles. The smallest absolute Gasteiger partial charge is 0.396 e. The summed E-state index contributed by atoms with van der Waals surface area (Å²) in [5, 5.41) is 3.84. The molecule has 0 bridgehead atoms. The van der Waals surface area contributed by atoms with Crippen LogP contribution in [0.15, 0.2) is 53.3 Å². The quantitative estimate of drug-likeness (QED) is 0.626. The first-order valence-electron chi connectivity index (χ1n) is 7.64. The van der Waals surface area contributed by atoms with Crippen LogP contribution in [0.2, 0.25) is 0 Å². The molecule has 148 valence electrons. The number of hydrogen-bond donors (Lipinski definition) is 0. The Morgan fingerprint density at radius 2 is 1.50 bits per heavy atom. The van der Waals surface area contributed by atoms with Gasteiger partial charge in [-0.15, -0.1) is 5.10 Å². The van der Waals surface area contributed by atoms with Gasteiger partial charge in [-0.05, 0) is 35.2 Å². The Balaban J connectivity index is 2.19. The Bertz CT molecular complexity index is 1050. The predicted octanol–water partition coefficient (Wildman–Crippen LogP) is 3.80. The Morgan fingerprint density at radius 1 is 0.893 bits per heavy atom. The minimum Gasteiger partial charge on any atom is -0.396 e. The van der Waals surface area contributed by atoms with Gasteiger partial charge in [0.05, 0.1) is 16.8 Å². The normalized spacial score (nSPS) is 12.2. The van der Waals surface area contributed by atoms with Gasteiger partial charge in [0.2, 0.25) is 0 Å². The van der Waals surface area contributed by atoms with Gasteiger partial charge in [-0.2, -0.15) is 26.3 Å². The van der Waals surface area contributed by atoms with Gasteiger partial charge in [0, 0.05) is 5.56 Å². The van der Waals surface area contributed by atoms with Gasteiger partial charge in [-0.3, -0.25) is 0 Å². The summed E-state index contributed by atoms with van der Waals surface area (Å²) in [5.74, 6) is -0.181. The number of hydrogen-bond acceptors (Lipinski definition) is 3. The Morgan fingerprint density at radius 3 is 2.04 bits per heavy atom. The van der Waals surface area contributed by atoms with Crippen LogP contribution in [0.3, 0.4) is 0 Å². The number of alkyl halides is 6. The molecule has 0 aliphatic carbocycles. The summed E-state index contributed by atoms with van der Waals surface area (Å²) in [6.07, 6.45) is -9.21. The van der Waals surface area contributed by atoms with Crippen LogP contribution < -0.4 is 10.5 Å². The third-order valence-corrected chi connectivity index (χ3v) is 3.83. The summed E-state index contributed by atoms with van der Waals surface area (Å²) in [6.45, 7) is 0. The van der Waals surface area contributed by atoms with Crippen molar-refractivity contribution in [1.29, 1.82) is 0 Å². The van der Waals surface area contributed by atoms with Crippen molar-refractivity contribution < 1.29 is 31.2 Å². The van der Waals surface area contributed by atoms with E-state index in [1.807, 2.05) is 0 Å². The lowest BCUT2D eigenvalue weighted by molar-refractivity contribution is -0.138. The molecule has 0 N–H and O–H groups in total. The fourth-order valence-corrected chi connectivity index (χ4v) is 2.52. The van der Waals surface area contributed by atoms with E-state index >= 15 is 0 Å². The van der Waals surface area contributed by atoms with Crippen molar-refractivity contribution in [2.75, 3.05) is 7.11 Å². The number of nitrogens with zero attached hydrogens (tertiary/aromatic N) is 3. The maximum absolute atomic E-state index is 13.0. The van der Waals surface area contributed by atoms with E-state index in [4.69, 9.17) is 4.84 Å². The van der Waals surface area contributed by atoms with E-state index in [9.17, 15) is 31.1 Å². The fraction of sp³-hybridized carbons (Fsp3) is 0.176. The van der Waals surface area contributed by atoms with Crippen molar-refractivity contribution >= 4 is 0 Å². The standard InChI is InChI=1S/C17H11F6N3O2/c1-28-26-15(27)25(13-4-2-3-12(9-13)17(21,22)23)14(24-26)10-5-7-11(8-6-10)16(18,19)20/h2-9H,1H3. The van der Waals surface area contributed by atoms with Gasteiger partial charge in [-0.1, -0.05) is 18.2 Å². The highest BCUT2D eigenvalue weighted by Gasteiger charge is 2.32. The number of rotatable bonds is 3. The van der Waals surface area contributed by atoms with E-state index < -0.39 is 29.2 Å². The Labute approximate surface area is 153 Å². The SMILES string of the molecule is COn1nc(-c2ccc(C(F)(F)F)cc2)n(-c2cccc(C(F)(F)F)c2)c1=O. The maximum Gasteiger partial charge on any atom is 0.416 e. The molecule has 2 aromatic carbocycles. The molecule has 5 nitrogen and oxygen atoms in total. The van der Waals surface area contributed by atoms with E-state index in [1.165, 1.54) is 6.07 Å². The van der Waals surface area contributed by atoms with Crippen LogP contribution >= 0.6 is 0 Å². The number of benzene rings is 2. The van der Waals surface area contributed by atoms with Gasteiger partial charge in [-0.25, -0.2) is 9.36 Å². The molecule has 11 heteroatoms. The monoisotopic (exact) mass is 403 g/mol. The predicted molar refractivity (Wildman–Crippen MR) is 85.8 cm³/mol. The first kappa shape index (κ1) is 19.5. The molecule has 0 unspecified atom stereocenters. The molecule has 0 radical (unpaired) electrons. The van der Waals surface area contributed by atoms with E-state index in [0.29, 0.717) is 4.85 Å². The van der Waals surface area contributed by atoms with Crippen LogP contribution in [0.1, 0.15) is 11.1 Å². The lowest BCUT2D eigenvalue weighted by Gasteiger charge is -2.11. The van der Waals surface area contributed by atoms with E-state index in [0.717, 1.165) is 54.1 Å². The average Bonchev–Trinajstić information content (AvgIpc) is 2.97. The minimum absolute atomic E-state index is 0.0818. The summed E-state index contributed by atoms with van der Waals surface area (Å²) < 4.78 is 78.0. The minimum atomic E-state index is -4.65. The van der Waals surface area contributed by atoms with Crippen LogP contribution in [0.25, 0.3) is 17.1 Å². The molecule has 0 spiro atoms. The van der Waals surface area contributed by atoms with Crippen LogP contribution in [0, 0.1) is 0 Å². The van der Waals surface area contributed by atoms with Crippen molar-refractivity contribution in [3.63, 3.8) is 0 Å². The summed E-state index contributed by atoms with van der Waals surface area (Å²) >= 11 is 0. The summed E-state index contributed by atoms with van der Waals surface area (Å²) in [5.41, 5.74) is -2.93. The van der Waals surface area contributed by atoms with Crippen LogP contribution in [0.4, 0.5) is 26.3 Å². The fourth-order valence-electron chi connectivity index (χ4n) is 2.52. The molecule has 28 heavy (non-hydrogen) atoms. The highest BCUT2D eigenvalue weighted by Crippen LogP contribution is 2.32. The van der Waals surface area contributed by atoms with E-state index in [2.05, 4.69) is 5.10 Å². The zero-order valence-corrected chi connectivity index (χ0v) is 14.0. The first-order valence-corrected chi connectivity index (χ1v) is 7.64. The van der Waals surface area contributed by atoms with Gasteiger partial charge in [0.15, 0.2) is 5.82 Å². The third-order valence-electron chi connectivity index (χ3n) is 3.83. The Hall–Kier alpha value is -3.24. The lowest BCUT2D eigenvalue weighted by Crippen LogP contribution is -2.27. The molecular formula is C17H11F6N3O2. The molecule has 0 atom stereocenters. The first-order chi connectivity index (χ1) is 13.0. The van der Waals surface area contributed by atoms with Gasteiger partial charge in [0.1, 0.15) is 7.11 Å².